The van der Waals surface area contributed by atoms with Gasteiger partial charge < -0.3 is 5.11 Å². The summed E-state index contributed by atoms with van der Waals surface area (Å²) in [5, 5.41) is 9.59. The summed E-state index contributed by atoms with van der Waals surface area (Å²) in [7, 11) is 0. The molecule has 0 spiro atoms. The lowest BCUT2D eigenvalue weighted by atomic mass is 10.1. The molecule has 1 aliphatic carbocycles. The van der Waals surface area contributed by atoms with E-state index >= 15 is 0 Å². The summed E-state index contributed by atoms with van der Waals surface area (Å²) in [6.07, 6.45) is 2.45. The molecule has 64 valence electrons. The third-order valence-electron chi connectivity index (χ3n) is 2.09. The molecule has 1 nitrogen and oxygen atoms in total. The van der Waals surface area contributed by atoms with E-state index in [0.29, 0.717) is 11.7 Å². The van der Waals surface area contributed by atoms with Gasteiger partial charge in [-0.1, -0.05) is 0 Å². The van der Waals surface area contributed by atoms with Crippen molar-refractivity contribution >= 4 is 38.5 Å². The Morgan fingerprint density at radius 3 is 2.67 bits per heavy atom. The molecule has 0 heterocycles. The quantitative estimate of drug-likeness (QED) is 0.775. The molecule has 0 amide bonds. The number of aromatic hydroxyl groups is 1. The van der Waals surface area contributed by atoms with Crippen LogP contribution >= 0.6 is 38.5 Å². The number of rotatable bonds is 1. The molecule has 2 rings (SSSR count). The number of phenols is 1. The van der Waals surface area contributed by atoms with Crippen LogP contribution in [0.15, 0.2) is 16.6 Å². The van der Waals surface area contributed by atoms with Gasteiger partial charge in [-0.2, -0.15) is 0 Å². The highest BCUT2D eigenvalue weighted by Crippen LogP contribution is 2.45. The fourth-order valence-electron chi connectivity index (χ4n) is 1.27. The van der Waals surface area contributed by atoms with Gasteiger partial charge in [0.2, 0.25) is 0 Å². The van der Waals surface area contributed by atoms with Crippen molar-refractivity contribution in [2.75, 3.05) is 0 Å². The van der Waals surface area contributed by atoms with E-state index in [9.17, 15) is 5.11 Å². The first-order valence-electron chi connectivity index (χ1n) is 3.86. The lowest BCUT2D eigenvalue weighted by Gasteiger charge is -2.04. The minimum atomic E-state index is 0.435. The average Bonchev–Trinajstić information content (AvgIpc) is 2.79. The van der Waals surface area contributed by atoms with E-state index in [1.54, 1.807) is 6.07 Å². The van der Waals surface area contributed by atoms with Crippen LogP contribution in [0.1, 0.15) is 24.3 Å². The van der Waals surface area contributed by atoms with E-state index in [-0.39, 0.29) is 0 Å². The summed E-state index contributed by atoms with van der Waals surface area (Å²) in [4.78, 5) is 0. The highest BCUT2D eigenvalue weighted by molar-refractivity contribution is 14.1. The SMILES string of the molecule is Oc1cc(Br)c(I)cc1C1CC1. The van der Waals surface area contributed by atoms with Gasteiger partial charge in [-0.25, -0.2) is 0 Å². The van der Waals surface area contributed by atoms with Crippen LogP contribution < -0.4 is 0 Å². The molecule has 0 aromatic heterocycles. The Labute approximate surface area is 93.4 Å². The highest BCUT2D eigenvalue weighted by atomic mass is 127. The van der Waals surface area contributed by atoms with Crippen molar-refractivity contribution in [2.45, 2.75) is 18.8 Å². The first-order chi connectivity index (χ1) is 5.68. The molecule has 1 N–H and O–H groups in total. The van der Waals surface area contributed by atoms with Crippen LogP contribution in [0.4, 0.5) is 0 Å². The van der Waals surface area contributed by atoms with Crippen LogP contribution in [0.3, 0.4) is 0 Å². The molecular weight excluding hydrogens is 331 g/mol. The summed E-state index contributed by atoms with van der Waals surface area (Å²) in [5.74, 6) is 1.05. The summed E-state index contributed by atoms with van der Waals surface area (Å²) < 4.78 is 2.15. The smallest absolute Gasteiger partial charge is 0.120 e. The maximum Gasteiger partial charge on any atom is 0.120 e. The van der Waals surface area contributed by atoms with E-state index in [2.05, 4.69) is 44.6 Å². The fourth-order valence-corrected chi connectivity index (χ4v) is 2.10. The minimum Gasteiger partial charge on any atom is -0.508 e. The van der Waals surface area contributed by atoms with Gasteiger partial charge in [0.1, 0.15) is 5.75 Å². The summed E-state index contributed by atoms with van der Waals surface area (Å²) >= 11 is 5.65. The van der Waals surface area contributed by atoms with Gasteiger partial charge in [0.25, 0.3) is 0 Å². The van der Waals surface area contributed by atoms with Crippen molar-refractivity contribution in [3.05, 3.63) is 25.7 Å². The normalized spacial score (nSPS) is 16.5. The second-order valence-electron chi connectivity index (χ2n) is 3.10. The standard InChI is InChI=1S/C9H8BrIO/c10-7-4-9(12)6(3-8(7)11)5-1-2-5/h3-5,12H,1-2H2. The van der Waals surface area contributed by atoms with Gasteiger partial charge in [0.05, 0.1) is 0 Å². The molecule has 0 bridgehead atoms. The second-order valence-corrected chi connectivity index (χ2v) is 5.12. The molecule has 3 heteroatoms. The molecule has 0 radical (unpaired) electrons. The minimum absolute atomic E-state index is 0.435. The van der Waals surface area contributed by atoms with Crippen molar-refractivity contribution in [2.24, 2.45) is 0 Å². The lowest BCUT2D eigenvalue weighted by molar-refractivity contribution is 0.468. The van der Waals surface area contributed by atoms with Gasteiger partial charge in [-0.15, -0.1) is 0 Å². The molecular formula is C9H8BrIO. The Balaban J connectivity index is 2.47. The predicted octanol–water partition coefficient (Wildman–Crippen LogP) is 3.64. The molecule has 0 saturated heterocycles. The molecule has 1 fully saturated rings. The second kappa shape index (κ2) is 3.18. The van der Waals surface area contributed by atoms with Crippen molar-refractivity contribution < 1.29 is 5.11 Å². The van der Waals surface area contributed by atoms with Crippen molar-refractivity contribution in [1.82, 2.24) is 0 Å². The van der Waals surface area contributed by atoms with Gasteiger partial charge in [-0.05, 0) is 75.0 Å². The van der Waals surface area contributed by atoms with Crippen molar-refractivity contribution in [3.8, 4) is 5.75 Å². The van der Waals surface area contributed by atoms with Crippen molar-refractivity contribution in [1.29, 1.82) is 0 Å². The molecule has 1 saturated carbocycles. The van der Waals surface area contributed by atoms with Crippen LogP contribution in [0.5, 0.6) is 5.75 Å². The van der Waals surface area contributed by atoms with Gasteiger partial charge in [0.15, 0.2) is 0 Å². The first kappa shape index (κ1) is 8.81. The third-order valence-corrected chi connectivity index (χ3v) is 4.38. The molecule has 1 aromatic carbocycles. The van der Waals surface area contributed by atoms with E-state index in [1.807, 2.05) is 0 Å². The molecule has 1 aromatic rings. The maximum atomic E-state index is 9.59. The fraction of sp³-hybridized carbons (Fsp3) is 0.333. The Morgan fingerprint density at radius 1 is 1.42 bits per heavy atom. The number of hydrogen-bond acceptors (Lipinski definition) is 1. The molecule has 0 aliphatic heterocycles. The average molecular weight is 339 g/mol. The predicted molar refractivity (Wildman–Crippen MR) is 60.5 cm³/mol. The molecule has 12 heavy (non-hydrogen) atoms. The van der Waals surface area contributed by atoms with E-state index in [4.69, 9.17) is 0 Å². The molecule has 0 unspecified atom stereocenters. The first-order valence-corrected chi connectivity index (χ1v) is 5.73. The summed E-state index contributed by atoms with van der Waals surface area (Å²) in [6.45, 7) is 0. The molecule has 1 aliphatic rings. The highest BCUT2D eigenvalue weighted by Gasteiger charge is 2.26. The van der Waals surface area contributed by atoms with Gasteiger partial charge >= 0.3 is 0 Å². The third kappa shape index (κ3) is 1.62. The Bertz CT molecular complexity index is 321. The van der Waals surface area contributed by atoms with E-state index in [1.165, 1.54) is 16.4 Å². The number of phenolic OH excluding ortho intramolecular Hbond substituents is 1. The maximum absolute atomic E-state index is 9.59. The zero-order chi connectivity index (χ0) is 8.72. The topological polar surface area (TPSA) is 20.2 Å². The van der Waals surface area contributed by atoms with Crippen LogP contribution in [-0.2, 0) is 0 Å². The summed E-state index contributed by atoms with van der Waals surface area (Å²) in [5.41, 5.74) is 1.11. The number of halogens is 2. The summed E-state index contributed by atoms with van der Waals surface area (Å²) in [6, 6.07) is 3.85. The van der Waals surface area contributed by atoms with Crippen LogP contribution in [0, 0.1) is 3.57 Å². The van der Waals surface area contributed by atoms with Gasteiger partial charge in [-0.3, -0.25) is 0 Å². The van der Waals surface area contributed by atoms with Gasteiger partial charge in [0, 0.05) is 8.04 Å². The lowest BCUT2D eigenvalue weighted by Crippen LogP contribution is -1.84. The van der Waals surface area contributed by atoms with E-state index in [0.717, 1.165) is 10.0 Å². The Kier molecular flexibility index (Phi) is 2.33. The Hall–Kier alpha value is 0.230. The van der Waals surface area contributed by atoms with E-state index < -0.39 is 0 Å². The number of hydrogen-bond donors (Lipinski definition) is 1. The zero-order valence-electron chi connectivity index (χ0n) is 6.35. The Morgan fingerprint density at radius 2 is 2.08 bits per heavy atom. The zero-order valence-corrected chi connectivity index (χ0v) is 10.1. The molecule has 0 atom stereocenters. The number of benzene rings is 1. The van der Waals surface area contributed by atoms with Crippen LogP contribution in [0.2, 0.25) is 0 Å². The van der Waals surface area contributed by atoms with Crippen molar-refractivity contribution in [3.63, 3.8) is 0 Å². The largest absolute Gasteiger partial charge is 0.508 e. The van der Waals surface area contributed by atoms with Crippen LogP contribution in [0.25, 0.3) is 0 Å². The monoisotopic (exact) mass is 338 g/mol. The van der Waals surface area contributed by atoms with Crippen LogP contribution in [-0.4, -0.2) is 5.11 Å².